The number of rotatable bonds is 0. The van der Waals surface area contributed by atoms with Crippen molar-refractivity contribution < 1.29 is 13.2 Å². The number of benzene rings is 1. The second-order valence-electron chi connectivity index (χ2n) is 2.58. The monoisotopic (exact) mass is 186 g/mol. The smallest absolute Gasteiger partial charge is 0.173 e. The minimum Gasteiger partial charge on any atom is -0.173 e. The molecule has 0 bridgehead atoms. The lowest BCUT2D eigenvalue weighted by atomic mass is 10.3. The molecule has 0 atom stereocenters. The predicted octanol–water partition coefficient (Wildman–Crippen LogP) is 2.51. The Morgan fingerprint density at radius 1 is 1.15 bits per heavy atom. The zero-order chi connectivity index (χ0) is 9.47. The molecular formula is C8H5F3N2. The Morgan fingerprint density at radius 2 is 1.85 bits per heavy atom. The van der Waals surface area contributed by atoms with Crippen LogP contribution in [0, 0.1) is 0 Å². The standard InChI is InChI=1S/C8H5F3N2/c9-8(10,11)13-7-4-2-1-3-6(7)5-12-13/h1-5H. The number of nitrogens with zero attached hydrogens (tertiary/aromatic N) is 2. The van der Waals surface area contributed by atoms with E-state index in [4.69, 9.17) is 0 Å². The van der Waals surface area contributed by atoms with Gasteiger partial charge in [0.25, 0.3) is 0 Å². The third-order valence-corrected chi connectivity index (χ3v) is 1.72. The lowest BCUT2D eigenvalue weighted by molar-refractivity contribution is -0.209. The van der Waals surface area contributed by atoms with Crippen LogP contribution in [-0.4, -0.2) is 9.78 Å². The lowest BCUT2D eigenvalue weighted by Gasteiger charge is -2.06. The summed E-state index contributed by atoms with van der Waals surface area (Å²) in [5.74, 6) is 0. The molecule has 0 spiro atoms. The fourth-order valence-electron chi connectivity index (χ4n) is 1.17. The summed E-state index contributed by atoms with van der Waals surface area (Å²) >= 11 is 0. The van der Waals surface area contributed by atoms with Gasteiger partial charge in [0, 0.05) is 5.39 Å². The van der Waals surface area contributed by atoms with Crippen LogP contribution in [-0.2, 0) is 6.30 Å². The first-order valence-electron chi connectivity index (χ1n) is 3.59. The van der Waals surface area contributed by atoms with Gasteiger partial charge in [0.1, 0.15) is 0 Å². The molecule has 1 heterocycles. The van der Waals surface area contributed by atoms with Crippen LogP contribution in [0.2, 0.25) is 0 Å². The van der Waals surface area contributed by atoms with E-state index in [1.807, 2.05) is 0 Å². The quantitative estimate of drug-likeness (QED) is 0.618. The molecule has 13 heavy (non-hydrogen) atoms. The van der Waals surface area contributed by atoms with E-state index in [1.165, 1.54) is 12.3 Å². The molecule has 0 aliphatic heterocycles. The summed E-state index contributed by atoms with van der Waals surface area (Å²) in [6.07, 6.45) is -3.24. The molecule has 1 aromatic heterocycles. The van der Waals surface area contributed by atoms with Gasteiger partial charge in [-0.2, -0.15) is 9.78 Å². The minimum atomic E-state index is -4.44. The van der Waals surface area contributed by atoms with Crippen molar-refractivity contribution in [1.29, 1.82) is 0 Å². The first kappa shape index (κ1) is 8.10. The zero-order valence-electron chi connectivity index (χ0n) is 6.42. The molecule has 68 valence electrons. The third-order valence-electron chi connectivity index (χ3n) is 1.72. The first-order chi connectivity index (χ1) is 6.09. The van der Waals surface area contributed by atoms with Gasteiger partial charge < -0.3 is 0 Å². The molecule has 2 nitrogen and oxygen atoms in total. The van der Waals surface area contributed by atoms with Crippen molar-refractivity contribution in [2.75, 3.05) is 0 Å². The van der Waals surface area contributed by atoms with Gasteiger partial charge in [0.05, 0.1) is 11.7 Å². The number of alkyl halides is 3. The van der Waals surface area contributed by atoms with E-state index in [1.54, 1.807) is 18.2 Å². The van der Waals surface area contributed by atoms with E-state index in [-0.39, 0.29) is 10.2 Å². The Kier molecular flexibility index (Phi) is 1.55. The molecule has 0 saturated heterocycles. The van der Waals surface area contributed by atoms with E-state index in [0.29, 0.717) is 5.39 Å². The second-order valence-corrected chi connectivity index (χ2v) is 2.58. The number of aromatic nitrogens is 2. The Morgan fingerprint density at radius 3 is 2.54 bits per heavy atom. The highest BCUT2D eigenvalue weighted by Gasteiger charge is 2.32. The lowest BCUT2D eigenvalue weighted by Crippen LogP contribution is -2.17. The Labute approximate surface area is 71.6 Å². The van der Waals surface area contributed by atoms with Gasteiger partial charge in [0.2, 0.25) is 0 Å². The number of halogens is 3. The van der Waals surface area contributed by atoms with E-state index in [9.17, 15) is 13.2 Å². The van der Waals surface area contributed by atoms with Crippen LogP contribution in [0.4, 0.5) is 13.2 Å². The van der Waals surface area contributed by atoms with Gasteiger partial charge in [-0.15, -0.1) is 13.2 Å². The molecule has 1 aromatic carbocycles. The molecule has 0 N–H and O–H groups in total. The normalized spacial score (nSPS) is 12.2. The Hall–Kier alpha value is -1.52. The van der Waals surface area contributed by atoms with Gasteiger partial charge in [-0.05, 0) is 6.07 Å². The van der Waals surface area contributed by atoms with Crippen molar-refractivity contribution in [3.05, 3.63) is 30.5 Å². The molecular weight excluding hydrogens is 181 g/mol. The Balaban J connectivity index is 2.72. The van der Waals surface area contributed by atoms with Crippen molar-refractivity contribution in [3.8, 4) is 0 Å². The van der Waals surface area contributed by atoms with Crippen molar-refractivity contribution in [2.45, 2.75) is 6.30 Å². The SMILES string of the molecule is FC(F)(F)n1ncc2ccccc21. The summed E-state index contributed by atoms with van der Waals surface area (Å²) < 4.78 is 36.8. The van der Waals surface area contributed by atoms with Crippen LogP contribution < -0.4 is 0 Å². The number of para-hydroxylation sites is 1. The van der Waals surface area contributed by atoms with Crippen LogP contribution >= 0.6 is 0 Å². The highest BCUT2D eigenvalue weighted by Crippen LogP contribution is 2.26. The number of hydrogen-bond acceptors (Lipinski definition) is 1. The molecule has 5 heteroatoms. The minimum absolute atomic E-state index is 0.0579. The molecule has 0 aliphatic rings. The molecule has 0 radical (unpaired) electrons. The Bertz CT molecular complexity index is 430. The fourth-order valence-corrected chi connectivity index (χ4v) is 1.17. The molecule has 2 rings (SSSR count). The summed E-state index contributed by atoms with van der Waals surface area (Å²) in [4.78, 5) is 0. The molecule has 0 unspecified atom stereocenters. The fraction of sp³-hybridized carbons (Fsp3) is 0.125. The van der Waals surface area contributed by atoms with Crippen molar-refractivity contribution in [3.63, 3.8) is 0 Å². The summed E-state index contributed by atoms with van der Waals surface area (Å²) in [6.45, 7) is 0. The zero-order valence-corrected chi connectivity index (χ0v) is 6.42. The summed E-state index contributed by atoms with van der Waals surface area (Å²) in [6, 6.07) is 6.19. The maximum absolute atomic E-state index is 12.3. The van der Waals surface area contributed by atoms with Crippen molar-refractivity contribution >= 4 is 10.9 Å². The van der Waals surface area contributed by atoms with E-state index in [2.05, 4.69) is 5.10 Å². The van der Waals surface area contributed by atoms with E-state index >= 15 is 0 Å². The maximum Gasteiger partial charge on any atom is 0.505 e. The maximum atomic E-state index is 12.3. The van der Waals surface area contributed by atoms with Crippen LogP contribution in [0.3, 0.4) is 0 Å². The third kappa shape index (κ3) is 1.26. The second kappa shape index (κ2) is 2.48. The summed E-state index contributed by atoms with van der Waals surface area (Å²) in [5.41, 5.74) is 0.0787. The molecule has 2 aromatic rings. The van der Waals surface area contributed by atoms with Crippen LogP contribution in [0.5, 0.6) is 0 Å². The number of hydrogen-bond donors (Lipinski definition) is 0. The predicted molar refractivity (Wildman–Crippen MR) is 41.0 cm³/mol. The average Bonchev–Trinajstić information content (AvgIpc) is 2.45. The van der Waals surface area contributed by atoms with Gasteiger partial charge in [-0.3, -0.25) is 0 Å². The van der Waals surface area contributed by atoms with Crippen molar-refractivity contribution in [2.24, 2.45) is 0 Å². The first-order valence-corrected chi connectivity index (χ1v) is 3.59. The van der Waals surface area contributed by atoms with Crippen LogP contribution in [0.15, 0.2) is 30.5 Å². The number of fused-ring (bicyclic) bond motifs is 1. The van der Waals surface area contributed by atoms with Gasteiger partial charge in [0.15, 0.2) is 0 Å². The van der Waals surface area contributed by atoms with Gasteiger partial charge in [-0.1, -0.05) is 18.2 Å². The van der Waals surface area contributed by atoms with Crippen LogP contribution in [0.25, 0.3) is 10.9 Å². The average molecular weight is 186 g/mol. The summed E-state index contributed by atoms with van der Waals surface area (Å²) in [5, 5.41) is 3.74. The highest BCUT2D eigenvalue weighted by molar-refractivity contribution is 5.78. The topological polar surface area (TPSA) is 17.8 Å². The molecule has 0 fully saturated rings. The van der Waals surface area contributed by atoms with Crippen molar-refractivity contribution in [1.82, 2.24) is 9.78 Å². The van der Waals surface area contributed by atoms with Gasteiger partial charge in [-0.25, -0.2) is 0 Å². The van der Waals surface area contributed by atoms with Crippen LogP contribution in [0.1, 0.15) is 0 Å². The highest BCUT2D eigenvalue weighted by atomic mass is 19.4. The molecule has 0 saturated carbocycles. The van der Waals surface area contributed by atoms with E-state index < -0.39 is 6.30 Å². The molecule has 0 aliphatic carbocycles. The molecule has 0 amide bonds. The van der Waals surface area contributed by atoms with E-state index in [0.717, 1.165) is 0 Å². The van der Waals surface area contributed by atoms with Gasteiger partial charge >= 0.3 is 6.30 Å². The summed E-state index contributed by atoms with van der Waals surface area (Å²) in [7, 11) is 0. The largest absolute Gasteiger partial charge is 0.505 e.